The summed E-state index contributed by atoms with van der Waals surface area (Å²) in [4.78, 5) is 17.1. The summed E-state index contributed by atoms with van der Waals surface area (Å²) in [5, 5.41) is 4.09. The molecule has 3 nitrogen and oxygen atoms in total. The van der Waals surface area contributed by atoms with Crippen molar-refractivity contribution >= 4 is 33.1 Å². The smallest absolute Gasteiger partial charge is 0.227 e. The maximum Gasteiger partial charge on any atom is 0.227 e. The number of carbonyl (C=O) groups excluding carboxylic acids is 1. The van der Waals surface area contributed by atoms with Crippen molar-refractivity contribution in [2.24, 2.45) is 5.92 Å². The molecular weight excluding hydrogens is 316 g/mol. The molecule has 0 fully saturated rings. The maximum absolute atomic E-state index is 12.4. The van der Waals surface area contributed by atoms with Gasteiger partial charge in [0.15, 0.2) is 0 Å². The number of para-hydroxylation sites is 1. The Kier molecular flexibility index (Phi) is 4.95. The Labute approximate surface area is 146 Å². The van der Waals surface area contributed by atoms with Crippen molar-refractivity contribution in [3.63, 3.8) is 0 Å². The normalized spacial score (nSPS) is 11.2. The summed E-state index contributed by atoms with van der Waals surface area (Å²) in [6, 6.07) is 14.2. The van der Waals surface area contributed by atoms with Crippen LogP contribution in [0.3, 0.4) is 0 Å². The van der Waals surface area contributed by atoms with E-state index in [4.69, 9.17) is 4.98 Å². The minimum Gasteiger partial charge on any atom is -0.326 e. The van der Waals surface area contributed by atoms with E-state index >= 15 is 0 Å². The summed E-state index contributed by atoms with van der Waals surface area (Å²) in [5.74, 6) is 0.167. The van der Waals surface area contributed by atoms with Gasteiger partial charge in [-0.05, 0) is 43.5 Å². The van der Waals surface area contributed by atoms with E-state index in [9.17, 15) is 4.79 Å². The zero-order valence-corrected chi connectivity index (χ0v) is 15.1. The average Bonchev–Trinajstić information content (AvgIpc) is 3.01. The first-order chi connectivity index (χ1) is 11.6. The highest BCUT2D eigenvalue weighted by Gasteiger charge is 2.17. The first kappa shape index (κ1) is 16.7. The summed E-state index contributed by atoms with van der Waals surface area (Å²) >= 11 is 1.68. The van der Waals surface area contributed by atoms with Crippen molar-refractivity contribution in [1.29, 1.82) is 0 Å². The van der Waals surface area contributed by atoms with E-state index in [1.807, 2.05) is 37.3 Å². The van der Waals surface area contributed by atoms with E-state index in [0.29, 0.717) is 0 Å². The van der Waals surface area contributed by atoms with Gasteiger partial charge >= 0.3 is 0 Å². The summed E-state index contributed by atoms with van der Waals surface area (Å²) in [6.07, 6.45) is 1.72. The van der Waals surface area contributed by atoms with Crippen LogP contribution in [0, 0.1) is 12.8 Å². The molecule has 3 aromatic rings. The van der Waals surface area contributed by atoms with Crippen LogP contribution >= 0.6 is 11.3 Å². The second kappa shape index (κ2) is 7.14. The van der Waals surface area contributed by atoms with Crippen molar-refractivity contribution in [3.8, 4) is 10.6 Å². The van der Waals surface area contributed by atoms with Gasteiger partial charge in [-0.2, -0.15) is 0 Å². The van der Waals surface area contributed by atoms with Crippen molar-refractivity contribution < 1.29 is 4.79 Å². The summed E-state index contributed by atoms with van der Waals surface area (Å²) in [7, 11) is 0. The van der Waals surface area contributed by atoms with Gasteiger partial charge in [-0.15, -0.1) is 11.3 Å². The molecule has 1 aromatic heterocycles. The number of thiazole rings is 1. The van der Waals surface area contributed by atoms with Crippen LogP contribution in [0.5, 0.6) is 0 Å². The molecule has 0 saturated heterocycles. The quantitative estimate of drug-likeness (QED) is 0.653. The number of hydrogen-bond acceptors (Lipinski definition) is 3. The van der Waals surface area contributed by atoms with Crippen molar-refractivity contribution in [3.05, 3.63) is 48.0 Å². The third kappa shape index (κ3) is 3.20. The van der Waals surface area contributed by atoms with Crippen LogP contribution in [0.15, 0.2) is 42.5 Å². The molecule has 0 radical (unpaired) electrons. The SMILES string of the molecule is CCC(CC)C(=O)Nc1cccc(-c2nc3ccccc3s2)c1C. The number of benzene rings is 2. The Morgan fingerprint density at radius 3 is 2.58 bits per heavy atom. The third-order valence-electron chi connectivity index (χ3n) is 4.47. The van der Waals surface area contributed by atoms with Gasteiger partial charge < -0.3 is 5.32 Å². The molecule has 0 bridgehead atoms. The highest BCUT2D eigenvalue weighted by molar-refractivity contribution is 7.21. The molecule has 0 aliphatic heterocycles. The molecule has 1 amide bonds. The molecule has 2 aromatic carbocycles. The Morgan fingerprint density at radius 2 is 1.88 bits per heavy atom. The number of carbonyl (C=O) groups is 1. The minimum atomic E-state index is 0.0653. The summed E-state index contributed by atoms with van der Waals surface area (Å²) < 4.78 is 1.18. The fraction of sp³-hybridized carbons (Fsp3) is 0.300. The van der Waals surface area contributed by atoms with Crippen LogP contribution in [0.4, 0.5) is 5.69 Å². The van der Waals surface area contributed by atoms with E-state index in [0.717, 1.165) is 40.2 Å². The molecule has 0 atom stereocenters. The first-order valence-corrected chi connectivity index (χ1v) is 9.22. The van der Waals surface area contributed by atoms with Gasteiger partial charge in [-0.3, -0.25) is 4.79 Å². The molecule has 0 aliphatic rings. The van der Waals surface area contributed by atoms with Gasteiger partial charge in [0.05, 0.1) is 10.2 Å². The van der Waals surface area contributed by atoms with Gasteiger partial charge in [0, 0.05) is 17.2 Å². The number of nitrogens with one attached hydrogen (secondary N) is 1. The van der Waals surface area contributed by atoms with E-state index in [-0.39, 0.29) is 11.8 Å². The molecular formula is C20H22N2OS. The second-order valence-corrected chi connectivity index (χ2v) is 7.00. The Morgan fingerprint density at radius 1 is 1.12 bits per heavy atom. The summed E-state index contributed by atoms with van der Waals surface area (Å²) in [5.41, 5.74) is 4.04. The predicted octanol–water partition coefficient (Wildman–Crippen LogP) is 5.65. The highest BCUT2D eigenvalue weighted by Crippen LogP contribution is 2.34. The molecule has 0 spiro atoms. The first-order valence-electron chi connectivity index (χ1n) is 8.40. The van der Waals surface area contributed by atoms with Crippen molar-refractivity contribution in [2.75, 3.05) is 5.32 Å². The lowest BCUT2D eigenvalue weighted by Crippen LogP contribution is -2.22. The fourth-order valence-electron chi connectivity index (χ4n) is 2.88. The van der Waals surface area contributed by atoms with Crippen LogP contribution < -0.4 is 5.32 Å². The van der Waals surface area contributed by atoms with Crippen LogP contribution in [-0.4, -0.2) is 10.9 Å². The molecule has 1 N–H and O–H groups in total. The summed E-state index contributed by atoms with van der Waals surface area (Å²) in [6.45, 7) is 6.15. The largest absolute Gasteiger partial charge is 0.326 e. The number of rotatable bonds is 5. The van der Waals surface area contributed by atoms with E-state index in [2.05, 4.69) is 31.3 Å². The molecule has 0 aliphatic carbocycles. The van der Waals surface area contributed by atoms with Crippen LogP contribution in [-0.2, 0) is 4.79 Å². The number of nitrogens with zero attached hydrogens (tertiary/aromatic N) is 1. The Balaban J connectivity index is 1.94. The number of aromatic nitrogens is 1. The van der Waals surface area contributed by atoms with Crippen molar-refractivity contribution in [1.82, 2.24) is 4.98 Å². The maximum atomic E-state index is 12.4. The fourth-order valence-corrected chi connectivity index (χ4v) is 3.93. The monoisotopic (exact) mass is 338 g/mol. The Hall–Kier alpha value is -2.20. The zero-order valence-electron chi connectivity index (χ0n) is 14.3. The molecule has 124 valence electrons. The highest BCUT2D eigenvalue weighted by atomic mass is 32.1. The lowest BCUT2D eigenvalue weighted by molar-refractivity contribution is -0.120. The lowest BCUT2D eigenvalue weighted by atomic mass is 10.0. The average molecular weight is 338 g/mol. The molecule has 24 heavy (non-hydrogen) atoms. The van der Waals surface area contributed by atoms with Gasteiger partial charge in [-0.25, -0.2) is 4.98 Å². The van der Waals surface area contributed by atoms with Gasteiger partial charge in [0.2, 0.25) is 5.91 Å². The second-order valence-electron chi connectivity index (χ2n) is 5.97. The predicted molar refractivity (Wildman–Crippen MR) is 102 cm³/mol. The number of fused-ring (bicyclic) bond motifs is 1. The molecule has 4 heteroatoms. The molecule has 0 saturated carbocycles. The van der Waals surface area contributed by atoms with Crippen molar-refractivity contribution in [2.45, 2.75) is 33.6 Å². The third-order valence-corrected chi connectivity index (χ3v) is 5.54. The van der Waals surface area contributed by atoms with Crippen LogP contribution in [0.25, 0.3) is 20.8 Å². The van der Waals surface area contributed by atoms with E-state index < -0.39 is 0 Å². The standard InChI is InChI=1S/C20H22N2OS/c1-4-14(5-2)19(23)21-16-11-8-9-15(13(16)3)20-22-17-10-6-7-12-18(17)24-20/h6-12,14H,4-5H2,1-3H3,(H,21,23). The van der Waals surface area contributed by atoms with Gasteiger partial charge in [-0.1, -0.05) is 38.1 Å². The molecule has 0 unspecified atom stereocenters. The van der Waals surface area contributed by atoms with E-state index in [1.165, 1.54) is 4.70 Å². The topological polar surface area (TPSA) is 42.0 Å². The Bertz CT molecular complexity index is 832. The van der Waals surface area contributed by atoms with Crippen LogP contribution in [0.2, 0.25) is 0 Å². The molecule has 3 rings (SSSR count). The van der Waals surface area contributed by atoms with Gasteiger partial charge in [0.25, 0.3) is 0 Å². The lowest BCUT2D eigenvalue weighted by Gasteiger charge is -2.15. The van der Waals surface area contributed by atoms with E-state index in [1.54, 1.807) is 11.3 Å². The number of amides is 1. The zero-order chi connectivity index (χ0) is 17.1. The number of anilines is 1. The molecule has 1 heterocycles. The minimum absolute atomic E-state index is 0.0653. The van der Waals surface area contributed by atoms with Crippen LogP contribution in [0.1, 0.15) is 32.3 Å². The number of hydrogen-bond donors (Lipinski definition) is 1. The van der Waals surface area contributed by atoms with Gasteiger partial charge in [0.1, 0.15) is 5.01 Å².